The summed E-state index contributed by atoms with van der Waals surface area (Å²) in [4.78, 5) is 35.8. The summed E-state index contributed by atoms with van der Waals surface area (Å²) < 4.78 is 15.7. The van der Waals surface area contributed by atoms with Crippen molar-refractivity contribution in [1.29, 1.82) is 0 Å². The van der Waals surface area contributed by atoms with Gasteiger partial charge in [0.2, 0.25) is 0 Å². The van der Waals surface area contributed by atoms with Crippen molar-refractivity contribution in [3.63, 3.8) is 0 Å². The number of esters is 1. The third-order valence-electron chi connectivity index (χ3n) is 3.76. The summed E-state index contributed by atoms with van der Waals surface area (Å²) in [6.07, 6.45) is 0. The fourth-order valence-electron chi connectivity index (χ4n) is 2.48. The topological polar surface area (TPSA) is 123 Å². The van der Waals surface area contributed by atoms with Gasteiger partial charge in [-0.05, 0) is 50.6 Å². The number of ether oxygens (including phenoxy) is 3. The number of rotatable bonds is 8. The molecule has 2 rings (SSSR count). The van der Waals surface area contributed by atoms with Crippen LogP contribution in [0.1, 0.15) is 29.8 Å². The van der Waals surface area contributed by atoms with E-state index in [9.17, 15) is 19.5 Å². The molecular formula is C21H24N2O7. The molecule has 160 valence electrons. The van der Waals surface area contributed by atoms with E-state index in [0.29, 0.717) is 30.4 Å². The second kappa shape index (κ2) is 10.7. The molecule has 0 spiro atoms. The Hall–Kier alpha value is -3.75. The molecule has 0 fully saturated rings. The molecule has 0 saturated carbocycles. The molecule has 0 aliphatic carbocycles. The van der Waals surface area contributed by atoms with E-state index in [-0.39, 0.29) is 11.3 Å². The Bertz CT molecular complexity index is 928. The number of carbonyl (C=O) groups is 3. The number of phenols is 1. The number of nitrogens with one attached hydrogen (secondary N) is 2. The van der Waals surface area contributed by atoms with E-state index < -0.39 is 24.5 Å². The van der Waals surface area contributed by atoms with Crippen molar-refractivity contribution >= 4 is 23.6 Å². The van der Waals surface area contributed by atoms with Gasteiger partial charge in [-0.15, -0.1) is 0 Å². The molecule has 3 amide bonds. The first kappa shape index (κ1) is 22.5. The van der Waals surface area contributed by atoms with Crippen molar-refractivity contribution in [3.8, 4) is 17.2 Å². The number of anilines is 1. The van der Waals surface area contributed by atoms with E-state index in [4.69, 9.17) is 14.2 Å². The first-order chi connectivity index (χ1) is 14.3. The third kappa shape index (κ3) is 6.40. The number of hydrogen-bond donors (Lipinski definition) is 3. The minimum atomic E-state index is -0.879. The van der Waals surface area contributed by atoms with Crippen LogP contribution in [-0.4, -0.2) is 42.8 Å². The summed E-state index contributed by atoms with van der Waals surface area (Å²) in [6, 6.07) is 8.41. The molecule has 9 heteroatoms. The summed E-state index contributed by atoms with van der Waals surface area (Å²) >= 11 is 0. The van der Waals surface area contributed by atoms with Crippen molar-refractivity contribution in [2.75, 3.05) is 25.1 Å². The number of amides is 3. The lowest BCUT2D eigenvalue weighted by molar-refractivity contribution is -0.123. The highest BCUT2D eigenvalue weighted by Gasteiger charge is 2.16. The predicted molar refractivity (Wildman–Crippen MR) is 109 cm³/mol. The van der Waals surface area contributed by atoms with Crippen LogP contribution in [0.3, 0.4) is 0 Å². The Kier molecular flexibility index (Phi) is 8.04. The number of carbonyl (C=O) groups excluding carboxylic acids is 3. The molecule has 0 saturated heterocycles. The molecule has 2 aromatic carbocycles. The highest BCUT2D eigenvalue weighted by atomic mass is 16.5. The number of benzene rings is 2. The highest BCUT2D eigenvalue weighted by molar-refractivity contribution is 6.02. The molecule has 0 bridgehead atoms. The number of urea groups is 1. The molecule has 0 unspecified atom stereocenters. The van der Waals surface area contributed by atoms with Gasteiger partial charge < -0.3 is 24.6 Å². The van der Waals surface area contributed by atoms with Gasteiger partial charge in [0.1, 0.15) is 11.3 Å². The number of aryl methyl sites for hydroxylation is 1. The van der Waals surface area contributed by atoms with Crippen LogP contribution in [0.5, 0.6) is 17.2 Å². The molecule has 2 aromatic rings. The second-order valence-corrected chi connectivity index (χ2v) is 6.13. The van der Waals surface area contributed by atoms with Crippen LogP contribution in [0, 0.1) is 6.92 Å². The minimum Gasteiger partial charge on any atom is -0.507 e. The van der Waals surface area contributed by atoms with Gasteiger partial charge in [-0.1, -0.05) is 6.07 Å². The Morgan fingerprint density at radius 1 is 0.967 bits per heavy atom. The van der Waals surface area contributed by atoms with Crippen molar-refractivity contribution in [2.45, 2.75) is 20.8 Å². The van der Waals surface area contributed by atoms with Crippen molar-refractivity contribution < 1.29 is 33.7 Å². The zero-order valence-corrected chi connectivity index (χ0v) is 17.0. The zero-order chi connectivity index (χ0) is 22.1. The van der Waals surface area contributed by atoms with E-state index in [1.807, 2.05) is 19.2 Å². The predicted octanol–water partition coefficient (Wildman–Crippen LogP) is 3.00. The average Bonchev–Trinajstić information content (AvgIpc) is 2.68. The molecule has 0 radical (unpaired) electrons. The monoisotopic (exact) mass is 416 g/mol. The Morgan fingerprint density at radius 3 is 2.33 bits per heavy atom. The van der Waals surface area contributed by atoms with Gasteiger partial charge in [0, 0.05) is 11.8 Å². The van der Waals surface area contributed by atoms with Crippen molar-refractivity contribution in [3.05, 3.63) is 47.5 Å². The fourth-order valence-corrected chi connectivity index (χ4v) is 2.48. The largest absolute Gasteiger partial charge is 0.507 e. The minimum absolute atomic E-state index is 0.0734. The summed E-state index contributed by atoms with van der Waals surface area (Å²) in [5.74, 6) is -0.971. The first-order valence-electron chi connectivity index (χ1n) is 9.31. The quantitative estimate of drug-likeness (QED) is 0.565. The lowest BCUT2D eigenvalue weighted by Gasteiger charge is -2.13. The average molecular weight is 416 g/mol. The number of hydrogen-bond acceptors (Lipinski definition) is 7. The summed E-state index contributed by atoms with van der Waals surface area (Å²) in [7, 11) is 0. The van der Waals surface area contributed by atoms with Gasteiger partial charge in [-0.3, -0.25) is 10.1 Å². The Balaban J connectivity index is 1.89. The Labute approximate surface area is 173 Å². The summed E-state index contributed by atoms with van der Waals surface area (Å²) in [5, 5.41) is 14.3. The summed E-state index contributed by atoms with van der Waals surface area (Å²) in [5.41, 5.74) is 1.07. The van der Waals surface area contributed by atoms with E-state index in [2.05, 4.69) is 5.32 Å². The molecule has 0 aromatic heterocycles. The van der Waals surface area contributed by atoms with E-state index >= 15 is 0 Å². The van der Waals surface area contributed by atoms with E-state index in [0.717, 1.165) is 5.56 Å². The smallest absolute Gasteiger partial charge is 0.342 e. The molecule has 0 aliphatic rings. The van der Waals surface area contributed by atoms with Crippen LogP contribution in [0.25, 0.3) is 0 Å². The molecular weight excluding hydrogens is 392 g/mol. The van der Waals surface area contributed by atoms with Crippen LogP contribution in [0.4, 0.5) is 10.5 Å². The van der Waals surface area contributed by atoms with Gasteiger partial charge in [-0.25, -0.2) is 9.59 Å². The second-order valence-electron chi connectivity index (χ2n) is 6.13. The van der Waals surface area contributed by atoms with Gasteiger partial charge in [0.25, 0.3) is 5.91 Å². The molecule has 0 heterocycles. The molecule has 30 heavy (non-hydrogen) atoms. The van der Waals surface area contributed by atoms with Gasteiger partial charge in [0.15, 0.2) is 18.1 Å². The fraction of sp³-hybridized carbons (Fsp3) is 0.286. The zero-order valence-electron chi connectivity index (χ0n) is 17.0. The lowest BCUT2D eigenvalue weighted by Crippen LogP contribution is -2.37. The van der Waals surface area contributed by atoms with Crippen LogP contribution in [0.15, 0.2) is 36.4 Å². The molecule has 3 N–H and O–H groups in total. The van der Waals surface area contributed by atoms with Crippen LogP contribution < -0.4 is 20.1 Å². The van der Waals surface area contributed by atoms with Crippen molar-refractivity contribution in [2.24, 2.45) is 0 Å². The first-order valence-corrected chi connectivity index (χ1v) is 9.31. The normalized spacial score (nSPS) is 10.1. The maximum Gasteiger partial charge on any atom is 0.342 e. The number of aromatic hydroxyl groups is 1. The molecule has 9 nitrogen and oxygen atoms in total. The van der Waals surface area contributed by atoms with Crippen molar-refractivity contribution in [1.82, 2.24) is 5.32 Å². The SMILES string of the molecule is CCOc1ccc(NC(=O)NC(=O)COC(=O)c2ccc(C)cc2O)cc1OCC. The maximum absolute atomic E-state index is 12.0. The maximum atomic E-state index is 12.0. The number of phenolic OH excluding ortho intramolecular Hbond substituents is 1. The Morgan fingerprint density at radius 2 is 1.67 bits per heavy atom. The van der Waals surface area contributed by atoms with Gasteiger partial charge in [-0.2, -0.15) is 0 Å². The van der Waals surface area contributed by atoms with Crippen LogP contribution >= 0.6 is 0 Å². The van der Waals surface area contributed by atoms with Crippen LogP contribution in [-0.2, 0) is 9.53 Å². The van der Waals surface area contributed by atoms with E-state index in [1.165, 1.54) is 12.1 Å². The summed E-state index contributed by atoms with van der Waals surface area (Å²) in [6.45, 7) is 5.60. The third-order valence-corrected chi connectivity index (χ3v) is 3.76. The number of imide groups is 1. The lowest BCUT2D eigenvalue weighted by atomic mass is 10.1. The van der Waals surface area contributed by atoms with Gasteiger partial charge in [0.05, 0.1) is 13.2 Å². The highest BCUT2D eigenvalue weighted by Crippen LogP contribution is 2.30. The standard InChI is InChI=1S/C21H24N2O7/c1-4-28-17-9-7-14(11-18(17)29-5-2)22-21(27)23-19(25)12-30-20(26)15-8-6-13(3)10-16(15)24/h6-11,24H,4-5,12H2,1-3H3,(H2,22,23,25,27). The molecule has 0 atom stereocenters. The van der Waals surface area contributed by atoms with Gasteiger partial charge >= 0.3 is 12.0 Å². The molecule has 0 aliphatic heterocycles. The van der Waals surface area contributed by atoms with E-state index in [1.54, 1.807) is 31.2 Å². The van der Waals surface area contributed by atoms with Crippen LogP contribution in [0.2, 0.25) is 0 Å².